The van der Waals surface area contributed by atoms with Gasteiger partial charge in [0.15, 0.2) is 17.3 Å². The molecule has 2 heterocycles. The van der Waals surface area contributed by atoms with Gasteiger partial charge in [-0.25, -0.2) is 9.77 Å². The Labute approximate surface area is 167 Å². The Kier molecular flexibility index (Phi) is 6.31. The number of aromatic nitrogens is 4. The molecule has 3 rings (SSSR count). The maximum Gasteiger partial charge on any atom is 0.214 e. The molecular formula is C18H20ClN5O2S. The van der Waals surface area contributed by atoms with E-state index in [0.29, 0.717) is 46.9 Å². The van der Waals surface area contributed by atoms with Crippen LogP contribution in [0, 0.1) is 4.77 Å². The van der Waals surface area contributed by atoms with Crippen molar-refractivity contribution in [2.45, 2.75) is 20.4 Å². The molecule has 9 heteroatoms. The van der Waals surface area contributed by atoms with Crippen molar-refractivity contribution in [3.05, 3.63) is 52.0 Å². The number of nitrogens with one attached hydrogen (secondary N) is 2. The molecule has 0 aliphatic carbocycles. The van der Waals surface area contributed by atoms with Crippen LogP contribution in [-0.2, 0) is 6.54 Å². The van der Waals surface area contributed by atoms with Crippen molar-refractivity contribution >= 4 is 23.8 Å². The van der Waals surface area contributed by atoms with Crippen LogP contribution >= 0.6 is 23.8 Å². The molecule has 1 aromatic carbocycles. The Hall–Kier alpha value is -2.58. The molecule has 0 aliphatic heterocycles. The zero-order valence-electron chi connectivity index (χ0n) is 15.0. The van der Waals surface area contributed by atoms with E-state index in [-0.39, 0.29) is 0 Å². The van der Waals surface area contributed by atoms with Crippen LogP contribution in [-0.4, -0.2) is 33.1 Å². The third kappa shape index (κ3) is 4.40. The van der Waals surface area contributed by atoms with Gasteiger partial charge in [0.25, 0.3) is 0 Å². The van der Waals surface area contributed by atoms with Crippen LogP contribution in [0.1, 0.15) is 19.4 Å². The molecule has 2 N–H and O–H groups in total. The number of halogens is 1. The normalized spacial score (nSPS) is 10.6. The average molecular weight is 406 g/mol. The molecule has 0 atom stereocenters. The summed E-state index contributed by atoms with van der Waals surface area (Å²) in [6.07, 6.45) is 3.41. The second-order valence-electron chi connectivity index (χ2n) is 5.51. The molecule has 3 aromatic rings. The lowest BCUT2D eigenvalue weighted by atomic mass is 10.2. The summed E-state index contributed by atoms with van der Waals surface area (Å²) in [6.45, 7) is 5.34. The number of pyridine rings is 1. The highest BCUT2D eigenvalue weighted by molar-refractivity contribution is 7.71. The van der Waals surface area contributed by atoms with Crippen molar-refractivity contribution in [2.75, 3.05) is 18.6 Å². The summed E-state index contributed by atoms with van der Waals surface area (Å²) in [5.74, 6) is 1.95. The fourth-order valence-electron chi connectivity index (χ4n) is 2.55. The number of aromatic amines is 1. The van der Waals surface area contributed by atoms with E-state index in [0.717, 1.165) is 11.1 Å². The van der Waals surface area contributed by atoms with Crippen molar-refractivity contribution in [1.29, 1.82) is 0 Å². The topological polar surface area (TPSA) is 77.0 Å². The number of ether oxygens (including phenoxy) is 2. The lowest BCUT2D eigenvalue weighted by Crippen LogP contribution is -2.16. The van der Waals surface area contributed by atoms with Crippen LogP contribution in [0.3, 0.4) is 0 Å². The van der Waals surface area contributed by atoms with E-state index in [1.807, 2.05) is 32.0 Å². The first-order valence-electron chi connectivity index (χ1n) is 8.53. The first kappa shape index (κ1) is 19.2. The van der Waals surface area contributed by atoms with E-state index < -0.39 is 0 Å². The molecule has 0 aliphatic rings. The molecule has 0 amide bonds. The summed E-state index contributed by atoms with van der Waals surface area (Å²) in [5.41, 5.74) is 5.00. The molecule has 142 valence electrons. The third-order valence-electron chi connectivity index (χ3n) is 3.75. The van der Waals surface area contributed by atoms with Crippen LogP contribution < -0.4 is 14.9 Å². The van der Waals surface area contributed by atoms with Gasteiger partial charge in [-0.05, 0) is 49.8 Å². The zero-order valence-corrected chi connectivity index (χ0v) is 16.6. The van der Waals surface area contributed by atoms with E-state index in [4.69, 9.17) is 33.3 Å². The molecule has 7 nitrogen and oxygen atoms in total. The van der Waals surface area contributed by atoms with Gasteiger partial charge in [0.1, 0.15) is 0 Å². The minimum absolute atomic E-state index is 0.428. The van der Waals surface area contributed by atoms with Crippen molar-refractivity contribution in [2.24, 2.45) is 0 Å². The zero-order chi connectivity index (χ0) is 19.2. The standard InChI is InChI=1S/C18H20ClN5O2S/c1-3-25-15-9-13(14(19)10-16(15)26-4-2)11-21-24-17(22-23-18(24)27)12-5-7-20-8-6-12/h5-10,21H,3-4,11H2,1-2H3,(H,23,27). The largest absolute Gasteiger partial charge is 0.490 e. The number of benzene rings is 1. The molecule has 0 saturated carbocycles. The van der Waals surface area contributed by atoms with Crippen molar-refractivity contribution in [1.82, 2.24) is 19.9 Å². The van der Waals surface area contributed by atoms with Gasteiger partial charge >= 0.3 is 0 Å². The Morgan fingerprint density at radius 3 is 2.48 bits per heavy atom. The van der Waals surface area contributed by atoms with Gasteiger partial charge in [0, 0.05) is 29.0 Å². The summed E-state index contributed by atoms with van der Waals surface area (Å²) in [5, 5.41) is 7.66. The predicted octanol–water partition coefficient (Wildman–Crippen LogP) is 4.20. The first-order valence-corrected chi connectivity index (χ1v) is 9.32. The van der Waals surface area contributed by atoms with Gasteiger partial charge in [-0.3, -0.25) is 4.98 Å². The molecule has 0 fully saturated rings. The van der Waals surface area contributed by atoms with E-state index in [1.165, 1.54) is 0 Å². The second-order valence-corrected chi connectivity index (χ2v) is 6.31. The van der Waals surface area contributed by atoms with E-state index >= 15 is 0 Å². The molecule has 0 saturated heterocycles. The molecular weight excluding hydrogens is 386 g/mol. The highest BCUT2D eigenvalue weighted by Crippen LogP contribution is 2.34. The fraction of sp³-hybridized carbons (Fsp3) is 0.278. The quantitative estimate of drug-likeness (QED) is 0.547. The number of hydrogen-bond donors (Lipinski definition) is 2. The van der Waals surface area contributed by atoms with Gasteiger partial charge in [-0.2, -0.15) is 5.10 Å². The smallest absolute Gasteiger partial charge is 0.214 e. The maximum atomic E-state index is 6.43. The van der Waals surface area contributed by atoms with Crippen LogP contribution in [0.5, 0.6) is 11.5 Å². The average Bonchev–Trinajstić information content (AvgIpc) is 3.04. The second kappa shape index (κ2) is 8.88. The molecule has 27 heavy (non-hydrogen) atoms. The summed E-state index contributed by atoms with van der Waals surface area (Å²) in [7, 11) is 0. The van der Waals surface area contributed by atoms with Crippen LogP contribution in [0.15, 0.2) is 36.7 Å². The van der Waals surface area contributed by atoms with Gasteiger partial charge in [0.05, 0.1) is 19.8 Å². The predicted molar refractivity (Wildman–Crippen MR) is 107 cm³/mol. The molecule has 0 bridgehead atoms. The van der Waals surface area contributed by atoms with Crippen LogP contribution in [0.4, 0.5) is 0 Å². The van der Waals surface area contributed by atoms with Gasteiger partial charge in [-0.15, -0.1) is 0 Å². The highest BCUT2D eigenvalue weighted by Gasteiger charge is 2.13. The number of nitrogens with zero attached hydrogens (tertiary/aromatic N) is 3. The van der Waals surface area contributed by atoms with E-state index in [2.05, 4.69) is 20.6 Å². The summed E-state index contributed by atoms with van der Waals surface area (Å²) < 4.78 is 13.4. The summed E-state index contributed by atoms with van der Waals surface area (Å²) in [4.78, 5) is 4.03. The SMILES string of the molecule is CCOc1cc(Cl)c(CNn2c(-c3ccncc3)n[nH]c2=S)cc1OCC. The minimum atomic E-state index is 0.428. The van der Waals surface area contributed by atoms with E-state index in [9.17, 15) is 0 Å². The van der Waals surface area contributed by atoms with Gasteiger partial charge in [-0.1, -0.05) is 11.6 Å². The lowest BCUT2D eigenvalue weighted by Gasteiger charge is -2.15. The van der Waals surface area contributed by atoms with Crippen molar-refractivity contribution in [3.8, 4) is 22.9 Å². The lowest BCUT2D eigenvalue weighted by molar-refractivity contribution is 0.287. The molecule has 2 aromatic heterocycles. The number of hydrogen-bond acceptors (Lipinski definition) is 6. The maximum absolute atomic E-state index is 6.43. The summed E-state index contributed by atoms with van der Waals surface area (Å²) in [6, 6.07) is 7.37. The summed E-state index contributed by atoms with van der Waals surface area (Å²) >= 11 is 11.8. The third-order valence-corrected chi connectivity index (χ3v) is 4.38. The molecule has 0 radical (unpaired) electrons. The van der Waals surface area contributed by atoms with Crippen LogP contribution in [0.2, 0.25) is 5.02 Å². The van der Waals surface area contributed by atoms with Gasteiger partial charge in [0.2, 0.25) is 4.77 Å². The fourth-order valence-corrected chi connectivity index (χ4v) is 2.97. The first-order chi connectivity index (χ1) is 13.1. The highest BCUT2D eigenvalue weighted by atomic mass is 35.5. The van der Waals surface area contributed by atoms with Crippen molar-refractivity contribution < 1.29 is 9.47 Å². The number of rotatable bonds is 8. The Bertz CT molecular complexity index is 958. The Morgan fingerprint density at radius 1 is 1.15 bits per heavy atom. The Balaban J connectivity index is 1.86. The molecule has 0 spiro atoms. The number of H-pyrrole nitrogens is 1. The van der Waals surface area contributed by atoms with Gasteiger partial charge < -0.3 is 14.9 Å². The van der Waals surface area contributed by atoms with Crippen LogP contribution in [0.25, 0.3) is 11.4 Å². The monoisotopic (exact) mass is 405 g/mol. The van der Waals surface area contributed by atoms with E-state index in [1.54, 1.807) is 23.1 Å². The minimum Gasteiger partial charge on any atom is -0.490 e. The molecule has 0 unspecified atom stereocenters. The Morgan fingerprint density at radius 2 is 1.81 bits per heavy atom. The van der Waals surface area contributed by atoms with Crippen molar-refractivity contribution in [3.63, 3.8) is 0 Å².